The van der Waals surface area contributed by atoms with Crippen LogP contribution in [0.15, 0.2) is 47.7 Å². The van der Waals surface area contributed by atoms with Gasteiger partial charge in [-0.15, -0.1) is 0 Å². The Morgan fingerprint density at radius 1 is 0.939 bits per heavy atom. The monoisotopic (exact) mass is 450 g/mol. The van der Waals surface area contributed by atoms with Gasteiger partial charge in [0.2, 0.25) is 0 Å². The van der Waals surface area contributed by atoms with Crippen molar-refractivity contribution in [3.8, 4) is 0 Å². The molecule has 2 aromatic rings. The summed E-state index contributed by atoms with van der Waals surface area (Å²) in [4.78, 5) is 0. The Labute approximate surface area is 194 Å². The van der Waals surface area contributed by atoms with Crippen LogP contribution in [0.25, 0.3) is 5.57 Å². The van der Waals surface area contributed by atoms with E-state index in [2.05, 4.69) is 0 Å². The lowest BCUT2D eigenvalue weighted by molar-refractivity contribution is -0.363. The summed E-state index contributed by atoms with van der Waals surface area (Å²) in [6.07, 6.45) is 1.85. The van der Waals surface area contributed by atoms with Gasteiger partial charge in [-0.3, -0.25) is 0 Å². The minimum Gasteiger partial charge on any atom is -0.399 e. The molecule has 172 valence electrons. The van der Waals surface area contributed by atoms with Crippen LogP contribution in [0.2, 0.25) is 0 Å². The van der Waals surface area contributed by atoms with Gasteiger partial charge in [-0.05, 0) is 76.8 Å². The molecule has 5 rings (SSSR count). The maximum absolute atomic E-state index is 15.8. The third kappa shape index (κ3) is 3.00. The van der Waals surface area contributed by atoms with E-state index < -0.39 is 25.3 Å². The van der Waals surface area contributed by atoms with Crippen LogP contribution in [0.5, 0.6) is 0 Å². The lowest BCUT2D eigenvalue weighted by Gasteiger charge is -2.34. The molecule has 1 saturated heterocycles. The Morgan fingerprint density at radius 2 is 1.52 bits per heavy atom. The number of allylic oxidation sites excluding steroid dienone is 2. The standard InChI is InChI=1S/C25H30B2F2N2O2/c1-15-13-17(3)30-22(15)21(23-16(2)14-18(4)31(23)27(30,28)29)19-9-11-20(12-10-19)26-32-24(5,6)25(7,8)33-26/h9-14H,1-8H3. The van der Waals surface area contributed by atoms with Crippen molar-refractivity contribution >= 4 is 30.8 Å². The number of hydrogen-bond acceptors (Lipinski definition) is 2. The van der Waals surface area contributed by atoms with E-state index in [9.17, 15) is 0 Å². The summed E-state index contributed by atoms with van der Waals surface area (Å²) < 4.78 is 46.4. The van der Waals surface area contributed by atoms with E-state index in [-0.39, 0.29) is 0 Å². The first-order chi connectivity index (χ1) is 15.3. The van der Waals surface area contributed by atoms with Gasteiger partial charge in [-0.1, -0.05) is 24.3 Å². The third-order valence-electron chi connectivity index (χ3n) is 7.66. The zero-order valence-electron chi connectivity index (χ0n) is 20.6. The van der Waals surface area contributed by atoms with Crippen LogP contribution in [0.4, 0.5) is 8.63 Å². The van der Waals surface area contributed by atoms with Gasteiger partial charge < -0.3 is 26.9 Å². The fourth-order valence-electron chi connectivity index (χ4n) is 5.36. The molecule has 0 spiro atoms. The van der Waals surface area contributed by atoms with Crippen LogP contribution in [-0.4, -0.2) is 40.0 Å². The molecule has 1 aromatic heterocycles. The van der Waals surface area contributed by atoms with Gasteiger partial charge in [0.15, 0.2) is 5.70 Å². The highest BCUT2D eigenvalue weighted by molar-refractivity contribution is 6.62. The number of hydrogen-bond donors (Lipinski definition) is 0. The normalized spacial score (nSPS) is 22.6. The maximum atomic E-state index is 15.8. The van der Waals surface area contributed by atoms with Crippen LogP contribution in [0, 0.1) is 13.8 Å². The first kappa shape index (κ1) is 22.4. The number of nitrogens with zero attached hydrogens (tertiary/aromatic N) is 2. The van der Waals surface area contributed by atoms with Gasteiger partial charge in [-0.25, -0.2) is 0 Å². The topological polar surface area (TPSA) is 26.4 Å². The molecule has 8 heteroatoms. The Balaban J connectivity index is 1.66. The number of fused-ring (bicyclic) bond motifs is 2. The van der Waals surface area contributed by atoms with Crippen LogP contribution < -0.4 is 5.46 Å². The highest BCUT2D eigenvalue weighted by Gasteiger charge is 2.55. The predicted octanol–water partition coefficient (Wildman–Crippen LogP) is 4.83. The molecule has 0 aliphatic carbocycles. The molecule has 0 N–H and O–H groups in total. The molecule has 0 amide bonds. The average molecular weight is 450 g/mol. The van der Waals surface area contributed by atoms with Crippen LogP contribution in [0.1, 0.15) is 64.1 Å². The summed E-state index contributed by atoms with van der Waals surface area (Å²) in [5, 5.41) is 0. The van der Waals surface area contributed by atoms with Gasteiger partial charge in [0, 0.05) is 24.3 Å². The number of rotatable bonds is 2. The second-order valence-electron chi connectivity index (χ2n) is 10.5. The molecule has 0 radical (unpaired) electrons. The van der Waals surface area contributed by atoms with Crippen molar-refractivity contribution < 1.29 is 22.4 Å². The second kappa shape index (κ2) is 6.80. The van der Waals surface area contributed by atoms with Crippen LogP contribution in [0.3, 0.4) is 0 Å². The Hall–Kier alpha value is -2.44. The molecule has 0 saturated carbocycles. The fourth-order valence-corrected chi connectivity index (χ4v) is 5.36. The lowest BCUT2D eigenvalue weighted by Crippen LogP contribution is -2.51. The first-order valence-electron chi connectivity index (χ1n) is 11.5. The molecule has 3 aliphatic heterocycles. The van der Waals surface area contributed by atoms with Crippen molar-refractivity contribution in [2.24, 2.45) is 0 Å². The van der Waals surface area contributed by atoms with E-state index in [1.807, 2.05) is 78.0 Å². The van der Waals surface area contributed by atoms with Gasteiger partial charge in [0.05, 0.1) is 16.8 Å². The summed E-state index contributed by atoms with van der Waals surface area (Å²) in [7, 11) is -0.464. The molecule has 0 bridgehead atoms. The Bertz CT molecular complexity index is 1270. The van der Waals surface area contributed by atoms with E-state index >= 15 is 8.63 Å². The summed E-state index contributed by atoms with van der Waals surface area (Å²) in [5.74, 6) is 0. The second-order valence-corrected chi connectivity index (χ2v) is 10.5. The molecule has 4 heterocycles. The van der Waals surface area contributed by atoms with E-state index in [1.165, 1.54) is 8.96 Å². The zero-order valence-corrected chi connectivity index (χ0v) is 20.6. The van der Waals surface area contributed by atoms with E-state index in [0.717, 1.165) is 27.7 Å². The molecule has 3 aliphatic rings. The molecule has 0 unspecified atom stereocenters. The van der Waals surface area contributed by atoms with Crippen molar-refractivity contribution in [1.82, 2.24) is 4.48 Å². The lowest BCUT2D eigenvalue weighted by atomic mass is 9.77. The number of aryl methyl sites for hydroxylation is 2. The van der Waals surface area contributed by atoms with Crippen LogP contribution >= 0.6 is 0 Å². The molecule has 1 fully saturated rings. The van der Waals surface area contributed by atoms with Gasteiger partial charge in [0.25, 0.3) is 0 Å². The largest absolute Gasteiger partial charge is 0.737 e. The average Bonchev–Trinajstić information content (AvgIpc) is 3.25. The zero-order chi connectivity index (χ0) is 24.1. The number of halogens is 2. The predicted molar refractivity (Wildman–Crippen MR) is 130 cm³/mol. The minimum absolute atomic E-state index is 0.424. The van der Waals surface area contributed by atoms with Gasteiger partial charge in [-0.2, -0.15) is 0 Å². The Kier molecular flexibility index (Phi) is 4.60. The summed E-state index contributed by atoms with van der Waals surface area (Å²) in [6.45, 7) is 11.5. The highest BCUT2D eigenvalue weighted by atomic mass is 19.2. The van der Waals surface area contributed by atoms with Crippen molar-refractivity contribution in [2.75, 3.05) is 0 Å². The SMILES string of the molecule is CC1=CC(C)=[N+]2C1=C(c1ccc(B3OC(C)(C)C(C)(C)O3)cc1)c1c(C)cc(C)n1[B-]2(F)F. The van der Waals surface area contributed by atoms with E-state index in [1.54, 1.807) is 13.8 Å². The molecular weight excluding hydrogens is 420 g/mol. The van der Waals surface area contributed by atoms with Crippen LogP contribution in [-0.2, 0) is 9.31 Å². The number of benzene rings is 1. The van der Waals surface area contributed by atoms with Crippen molar-refractivity contribution in [3.05, 3.63) is 70.2 Å². The first-order valence-corrected chi connectivity index (χ1v) is 11.5. The smallest absolute Gasteiger partial charge is 0.399 e. The van der Waals surface area contributed by atoms with Crippen molar-refractivity contribution in [3.63, 3.8) is 0 Å². The quantitative estimate of drug-likeness (QED) is 0.613. The fraction of sp³-hybridized carbons (Fsp3) is 0.400. The van der Waals surface area contributed by atoms with Crippen molar-refractivity contribution in [1.29, 1.82) is 0 Å². The van der Waals surface area contributed by atoms with E-state index in [4.69, 9.17) is 9.31 Å². The molecule has 0 atom stereocenters. The number of aromatic nitrogens is 1. The van der Waals surface area contributed by atoms with Gasteiger partial charge in [0.1, 0.15) is 5.71 Å². The molecule has 4 nitrogen and oxygen atoms in total. The molecule has 1 aromatic carbocycles. The summed E-state index contributed by atoms with van der Waals surface area (Å²) in [6, 6.07) is 9.79. The third-order valence-corrected chi connectivity index (χ3v) is 7.66. The maximum Gasteiger partial charge on any atom is 0.737 e. The molecule has 33 heavy (non-hydrogen) atoms. The minimum atomic E-state index is -3.97. The van der Waals surface area contributed by atoms with Gasteiger partial charge >= 0.3 is 14.1 Å². The summed E-state index contributed by atoms with van der Waals surface area (Å²) in [5.41, 5.74) is 5.81. The highest BCUT2D eigenvalue weighted by Crippen LogP contribution is 2.44. The molecular formula is C25H30B2F2N2O2. The van der Waals surface area contributed by atoms with Crippen molar-refractivity contribution in [2.45, 2.75) is 66.6 Å². The Morgan fingerprint density at radius 3 is 2.09 bits per heavy atom. The summed E-state index contributed by atoms with van der Waals surface area (Å²) >= 11 is 0. The van der Waals surface area contributed by atoms with E-state index in [0.29, 0.717) is 22.8 Å².